The third-order valence-corrected chi connectivity index (χ3v) is 3.28. The number of carboxylic acids is 1. The molecule has 18 heavy (non-hydrogen) atoms. The molecule has 2 aromatic rings. The predicted molar refractivity (Wildman–Crippen MR) is 71.2 cm³/mol. The fourth-order valence-corrected chi connectivity index (χ4v) is 2.22. The van der Waals surface area contributed by atoms with Crippen LogP contribution in [0.5, 0.6) is 0 Å². The van der Waals surface area contributed by atoms with Gasteiger partial charge in [-0.3, -0.25) is 0 Å². The highest BCUT2D eigenvalue weighted by Crippen LogP contribution is 2.30. The van der Waals surface area contributed by atoms with Crippen LogP contribution in [0.15, 0.2) is 40.9 Å². The minimum atomic E-state index is -1.01. The highest BCUT2D eigenvalue weighted by Gasteiger charge is 2.14. The first-order chi connectivity index (χ1) is 8.50. The smallest absolute Gasteiger partial charge is 0.335 e. The maximum Gasteiger partial charge on any atom is 0.335 e. The van der Waals surface area contributed by atoms with Crippen molar-refractivity contribution in [3.8, 4) is 11.1 Å². The van der Waals surface area contributed by atoms with Crippen LogP contribution in [-0.2, 0) is 0 Å². The van der Waals surface area contributed by atoms with E-state index in [1.165, 1.54) is 12.1 Å². The number of benzene rings is 2. The van der Waals surface area contributed by atoms with Crippen LogP contribution >= 0.6 is 15.9 Å². The van der Waals surface area contributed by atoms with E-state index in [4.69, 9.17) is 5.11 Å². The van der Waals surface area contributed by atoms with E-state index >= 15 is 0 Å². The lowest BCUT2D eigenvalue weighted by atomic mass is 9.96. The van der Waals surface area contributed by atoms with Gasteiger partial charge in [-0.25, -0.2) is 9.18 Å². The van der Waals surface area contributed by atoms with Gasteiger partial charge in [0.2, 0.25) is 0 Å². The molecule has 0 atom stereocenters. The summed E-state index contributed by atoms with van der Waals surface area (Å²) >= 11 is 3.28. The van der Waals surface area contributed by atoms with Crippen molar-refractivity contribution < 1.29 is 14.3 Å². The van der Waals surface area contributed by atoms with Crippen LogP contribution in [0.2, 0.25) is 0 Å². The average molecular weight is 309 g/mol. The van der Waals surface area contributed by atoms with Gasteiger partial charge >= 0.3 is 5.97 Å². The van der Waals surface area contributed by atoms with Crippen LogP contribution in [-0.4, -0.2) is 11.1 Å². The molecule has 0 bridgehead atoms. The van der Waals surface area contributed by atoms with E-state index in [9.17, 15) is 9.18 Å². The average Bonchev–Trinajstić information content (AvgIpc) is 2.32. The topological polar surface area (TPSA) is 37.3 Å². The number of carbonyl (C=O) groups is 1. The molecule has 0 aliphatic heterocycles. The maximum atomic E-state index is 13.8. The van der Waals surface area contributed by atoms with Crippen molar-refractivity contribution in [2.75, 3.05) is 0 Å². The Morgan fingerprint density at radius 2 is 1.94 bits per heavy atom. The molecule has 92 valence electrons. The van der Waals surface area contributed by atoms with Gasteiger partial charge in [0.05, 0.1) is 5.56 Å². The van der Waals surface area contributed by atoms with Crippen LogP contribution in [0.25, 0.3) is 11.1 Å². The largest absolute Gasteiger partial charge is 0.478 e. The third-order valence-electron chi connectivity index (χ3n) is 2.78. The molecule has 0 unspecified atom stereocenters. The summed E-state index contributed by atoms with van der Waals surface area (Å²) in [4.78, 5) is 11.1. The van der Waals surface area contributed by atoms with Crippen LogP contribution in [0.4, 0.5) is 4.39 Å². The standard InChI is InChI=1S/C14H10BrFO2/c1-8-10(3-2-4-11(8)14(17)18)12-7-9(15)5-6-13(12)16/h2-7H,1H3,(H,17,18). The van der Waals surface area contributed by atoms with Crippen molar-refractivity contribution in [2.45, 2.75) is 6.92 Å². The lowest BCUT2D eigenvalue weighted by Gasteiger charge is -2.10. The summed E-state index contributed by atoms with van der Waals surface area (Å²) in [6.07, 6.45) is 0. The van der Waals surface area contributed by atoms with Gasteiger partial charge in [-0.1, -0.05) is 28.1 Å². The quantitative estimate of drug-likeness (QED) is 0.900. The fourth-order valence-electron chi connectivity index (χ4n) is 1.86. The lowest BCUT2D eigenvalue weighted by molar-refractivity contribution is 0.0696. The minimum absolute atomic E-state index is 0.187. The van der Waals surface area contributed by atoms with E-state index in [0.717, 1.165) is 4.47 Å². The Morgan fingerprint density at radius 1 is 1.22 bits per heavy atom. The zero-order valence-electron chi connectivity index (χ0n) is 9.58. The first-order valence-electron chi connectivity index (χ1n) is 5.29. The van der Waals surface area contributed by atoms with E-state index in [1.807, 2.05) is 0 Å². The normalized spacial score (nSPS) is 10.4. The van der Waals surface area contributed by atoms with Crippen molar-refractivity contribution in [1.82, 2.24) is 0 Å². The molecule has 2 nitrogen and oxygen atoms in total. The lowest BCUT2D eigenvalue weighted by Crippen LogP contribution is -2.01. The first-order valence-corrected chi connectivity index (χ1v) is 6.08. The summed E-state index contributed by atoms with van der Waals surface area (Å²) in [6, 6.07) is 9.45. The van der Waals surface area contributed by atoms with Gasteiger partial charge in [0, 0.05) is 10.0 Å². The molecule has 0 aliphatic rings. The SMILES string of the molecule is Cc1c(C(=O)O)cccc1-c1cc(Br)ccc1F. The fraction of sp³-hybridized carbons (Fsp3) is 0.0714. The van der Waals surface area contributed by atoms with Crippen LogP contribution in [0.1, 0.15) is 15.9 Å². The van der Waals surface area contributed by atoms with Crippen molar-refractivity contribution in [2.24, 2.45) is 0 Å². The number of halogens is 2. The molecule has 0 radical (unpaired) electrons. The van der Waals surface area contributed by atoms with E-state index in [2.05, 4.69) is 15.9 Å². The monoisotopic (exact) mass is 308 g/mol. The Balaban J connectivity index is 2.68. The Morgan fingerprint density at radius 3 is 2.61 bits per heavy atom. The molecule has 0 aliphatic carbocycles. The summed E-state index contributed by atoms with van der Waals surface area (Å²) in [7, 11) is 0. The second-order valence-corrected chi connectivity index (χ2v) is 4.82. The third kappa shape index (κ3) is 2.29. The molecule has 2 rings (SSSR count). The molecule has 0 spiro atoms. The van der Waals surface area contributed by atoms with Gasteiger partial charge in [-0.05, 0) is 42.3 Å². The molecule has 0 amide bonds. The number of rotatable bonds is 2. The van der Waals surface area contributed by atoms with Gasteiger partial charge in [-0.2, -0.15) is 0 Å². The summed E-state index contributed by atoms with van der Waals surface area (Å²) in [5.41, 5.74) is 1.73. The van der Waals surface area contributed by atoms with Crippen molar-refractivity contribution in [1.29, 1.82) is 0 Å². The van der Waals surface area contributed by atoms with Crippen LogP contribution < -0.4 is 0 Å². The molecule has 0 saturated carbocycles. The highest BCUT2D eigenvalue weighted by atomic mass is 79.9. The van der Waals surface area contributed by atoms with E-state index in [1.54, 1.807) is 31.2 Å². The zero-order chi connectivity index (χ0) is 13.3. The number of hydrogen-bond donors (Lipinski definition) is 1. The van der Waals surface area contributed by atoms with Crippen LogP contribution in [0, 0.1) is 12.7 Å². The summed E-state index contributed by atoms with van der Waals surface area (Å²) in [5, 5.41) is 9.06. The predicted octanol–water partition coefficient (Wildman–Crippen LogP) is 4.26. The van der Waals surface area contributed by atoms with E-state index in [-0.39, 0.29) is 11.4 Å². The molecule has 0 heterocycles. The van der Waals surface area contributed by atoms with E-state index in [0.29, 0.717) is 16.7 Å². The number of aromatic carboxylic acids is 1. The summed E-state index contributed by atoms with van der Waals surface area (Å²) in [6.45, 7) is 1.68. The Labute approximate surface area is 112 Å². The zero-order valence-corrected chi connectivity index (χ0v) is 11.2. The van der Waals surface area contributed by atoms with Gasteiger partial charge in [0.25, 0.3) is 0 Å². The van der Waals surface area contributed by atoms with Crippen LogP contribution in [0.3, 0.4) is 0 Å². The molecule has 0 saturated heterocycles. The molecular weight excluding hydrogens is 299 g/mol. The molecular formula is C14H10BrFO2. The molecule has 4 heteroatoms. The molecule has 2 aromatic carbocycles. The molecule has 0 aromatic heterocycles. The van der Waals surface area contributed by atoms with Gasteiger partial charge in [-0.15, -0.1) is 0 Å². The molecule has 0 fully saturated rings. The van der Waals surface area contributed by atoms with E-state index < -0.39 is 5.97 Å². The second-order valence-electron chi connectivity index (χ2n) is 3.91. The van der Waals surface area contributed by atoms with Crippen molar-refractivity contribution >= 4 is 21.9 Å². The number of hydrogen-bond acceptors (Lipinski definition) is 1. The Hall–Kier alpha value is -1.68. The minimum Gasteiger partial charge on any atom is -0.478 e. The Bertz CT molecular complexity index is 623. The summed E-state index contributed by atoms with van der Waals surface area (Å²) in [5.74, 6) is -1.38. The second kappa shape index (κ2) is 4.90. The van der Waals surface area contributed by atoms with Crippen molar-refractivity contribution in [3.63, 3.8) is 0 Å². The maximum absolute atomic E-state index is 13.8. The Kier molecular flexibility index (Phi) is 3.48. The van der Waals surface area contributed by atoms with Gasteiger partial charge in [0.15, 0.2) is 0 Å². The van der Waals surface area contributed by atoms with Gasteiger partial charge in [0.1, 0.15) is 5.82 Å². The molecule has 1 N–H and O–H groups in total. The number of carboxylic acid groups (broad SMARTS) is 1. The first kappa shape index (κ1) is 12.8. The highest BCUT2D eigenvalue weighted by molar-refractivity contribution is 9.10. The van der Waals surface area contributed by atoms with Crippen molar-refractivity contribution in [3.05, 3.63) is 57.8 Å². The van der Waals surface area contributed by atoms with Gasteiger partial charge < -0.3 is 5.11 Å². The summed E-state index contributed by atoms with van der Waals surface area (Å²) < 4.78 is 14.5.